The van der Waals surface area contributed by atoms with E-state index in [2.05, 4.69) is 46.8 Å². The molecule has 2 aromatic carbocycles. The quantitative estimate of drug-likeness (QED) is 0.0648. The van der Waals surface area contributed by atoms with Crippen LogP contribution in [0.15, 0.2) is 30.3 Å². The summed E-state index contributed by atoms with van der Waals surface area (Å²) < 4.78 is 0. The summed E-state index contributed by atoms with van der Waals surface area (Å²) in [5.74, 6) is 1.10. The standard InChI is InChI=1S/C42H78O.C30H54O/c1-4-7-10-13-16-19-22-25-28-31-34-39-37-38-42(43)41(36-33-30-27-24-21-18-15-12-9-6-3)40(39)35-32-29-26-23-20-17-14-11-8-5-2;1-3-5-7-9-11-13-15-17-19-21-24-28-25-23-27-30(31)29(28)26-22-20-18-16-14-12-10-8-6-4-2/h37-38,43H,4-36H2,1-3H3;23,25,27,31H,3-22,24,26H2,1-2H3. The smallest absolute Gasteiger partial charge is 0.119 e. The second kappa shape index (κ2) is 55.8. The Labute approximate surface area is 465 Å². The van der Waals surface area contributed by atoms with Gasteiger partial charge in [0, 0.05) is 0 Å². The summed E-state index contributed by atoms with van der Waals surface area (Å²) in [5, 5.41) is 21.4. The van der Waals surface area contributed by atoms with E-state index in [1.807, 2.05) is 18.2 Å². The molecule has 74 heavy (non-hydrogen) atoms. The normalized spacial score (nSPS) is 11.4. The summed E-state index contributed by atoms with van der Waals surface area (Å²) >= 11 is 0. The van der Waals surface area contributed by atoms with Gasteiger partial charge in [-0.25, -0.2) is 0 Å². The molecule has 0 unspecified atom stereocenters. The third-order valence-electron chi connectivity index (χ3n) is 16.7. The number of hydrogen-bond donors (Lipinski definition) is 2. The maximum absolute atomic E-state index is 11.0. The molecule has 0 bridgehead atoms. The molecular weight excluding hydrogens is 897 g/mol. The van der Waals surface area contributed by atoms with Crippen molar-refractivity contribution in [2.24, 2.45) is 0 Å². The Bertz CT molecular complexity index is 1430. The van der Waals surface area contributed by atoms with Gasteiger partial charge in [0.25, 0.3) is 0 Å². The van der Waals surface area contributed by atoms with Crippen molar-refractivity contribution in [2.45, 2.75) is 388 Å². The fourth-order valence-corrected chi connectivity index (χ4v) is 11.7. The fourth-order valence-electron chi connectivity index (χ4n) is 11.7. The zero-order valence-electron chi connectivity index (χ0n) is 51.2. The van der Waals surface area contributed by atoms with Crippen molar-refractivity contribution >= 4 is 0 Å². The molecule has 0 heterocycles. The van der Waals surface area contributed by atoms with Crippen molar-refractivity contribution in [2.75, 3.05) is 0 Å². The molecule has 432 valence electrons. The lowest BCUT2D eigenvalue weighted by Crippen LogP contribution is -2.03. The summed E-state index contributed by atoms with van der Waals surface area (Å²) in [5.41, 5.74) is 7.02. The fraction of sp³-hybridized carbons (Fsp3) is 0.833. The summed E-state index contributed by atoms with van der Waals surface area (Å²) in [4.78, 5) is 0. The molecule has 0 amide bonds. The molecule has 2 rings (SSSR count). The van der Waals surface area contributed by atoms with Gasteiger partial charge in [-0.05, 0) is 104 Å². The van der Waals surface area contributed by atoms with Crippen molar-refractivity contribution in [3.05, 3.63) is 58.1 Å². The van der Waals surface area contributed by atoms with Gasteiger partial charge in [-0.15, -0.1) is 0 Å². The van der Waals surface area contributed by atoms with Gasteiger partial charge in [0.15, 0.2) is 0 Å². The van der Waals surface area contributed by atoms with Crippen LogP contribution in [0.1, 0.15) is 383 Å². The molecule has 0 saturated heterocycles. The summed E-state index contributed by atoms with van der Waals surface area (Å²) in [6.07, 6.45) is 74.7. The maximum Gasteiger partial charge on any atom is 0.119 e. The molecule has 0 atom stereocenters. The van der Waals surface area contributed by atoms with Crippen LogP contribution in [0.25, 0.3) is 0 Å². The average molecular weight is 1030 g/mol. The highest BCUT2D eigenvalue weighted by Gasteiger charge is 2.14. The minimum absolute atomic E-state index is 0.528. The van der Waals surface area contributed by atoms with Gasteiger partial charge in [-0.3, -0.25) is 0 Å². The first-order valence-corrected chi connectivity index (χ1v) is 34.2. The Morgan fingerprint density at radius 2 is 0.419 bits per heavy atom. The molecule has 0 aliphatic carbocycles. The zero-order valence-corrected chi connectivity index (χ0v) is 51.2. The Balaban J connectivity index is 0.000000780. The van der Waals surface area contributed by atoms with Crippen LogP contribution in [0, 0.1) is 0 Å². The van der Waals surface area contributed by atoms with E-state index in [9.17, 15) is 10.2 Å². The molecule has 2 heteroatoms. The van der Waals surface area contributed by atoms with E-state index >= 15 is 0 Å². The van der Waals surface area contributed by atoms with Gasteiger partial charge in [0.05, 0.1) is 0 Å². The molecule has 0 fully saturated rings. The second-order valence-electron chi connectivity index (χ2n) is 23.8. The van der Waals surface area contributed by atoms with Gasteiger partial charge < -0.3 is 10.2 Å². The van der Waals surface area contributed by atoms with E-state index in [-0.39, 0.29) is 0 Å². The van der Waals surface area contributed by atoms with E-state index in [0.29, 0.717) is 11.5 Å². The molecule has 2 N–H and O–H groups in total. The number of benzene rings is 2. The predicted molar refractivity (Wildman–Crippen MR) is 334 cm³/mol. The largest absolute Gasteiger partial charge is 0.508 e. The van der Waals surface area contributed by atoms with E-state index in [0.717, 1.165) is 19.3 Å². The minimum Gasteiger partial charge on any atom is -0.508 e. The molecule has 2 nitrogen and oxygen atoms in total. The van der Waals surface area contributed by atoms with Gasteiger partial charge in [0.1, 0.15) is 11.5 Å². The number of phenolic OH excluding ortho intramolecular Hbond substituents is 2. The Morgan fingerprint density at radius 3 is 0.716 bits per heavy atom. The Morgan fingerprint density at radius 1 is 0.203 bits per heavy atom. The lowest BCUT2D eigenvalue weighted by atomic mass is 9.89. The third kappa shape index (κ3) is 42.1. The van der Waals surface area contributed by atoms with Crippen molar-refractivity contribution in [1.29, 1.82) is 0 Å². The number of aromatic hydroxyl groups is 2. The highest BCUT2D eigenvalue weighted by molar-refractivity contribution is 5.45. The second-order valence-corrected chi connectivity index (χ2v) is 23.8. The molecular formula is C72H132O2. The number of aryl methyl sites for hydroxylation is 2. The van der Waals surface area contributed by atoms with E-state index in [1.165, 1.54) is 356 Å². The van der Waals surface area contributed by atoms with E-state index < -0.39 is 0 Å². The molecule has 0 saturated carbocycles. The van der Waals surface area contributed by atoms with Crippen LogP contribution in [0.5, 0.6) is 11.5 Å². The van der Waals surface area contributed by atoms with Crippen LogP contribution in [0.3, 0.4) is 0 Å². The van der Waals surface area contributed by atoms with Gasteiger partial charge in [-0.1, -0.05) is 342 Å². The average Bonchev–Trinajstić information content (AvgIpc) is 3.40. The lowest BCUT2D eigenvalue weighted by Gasteiger charge is -2.17. The number of rotatable bonds is 55. The lowest BCUT2D eigenvalue weighted by molar-refractivity contribution is 0.463. The minimum atomic E-state index is 0.528. The van der Waals surface area contributed by atoms with Gasteiger partial charge in [-0.2, -0.15) is 0 Å². The Kier molecular flexibility index (Phi) is 52.8. The van der Waals surface area contributed by atoms with Crippen molar-refractivity contribution < 1.29 is 10.2 Å². The van der Waals surface area contributed by atoms with Crippen LogP contribution in [0.4, 0.5) is 0 Å². The van der Waals surface area contributed by atoms with Crippen LogP contribution < -0.4 is 0 Å². The van der Waals surface area contributed by atoms with Crippen molar-refractivity contribution in [3.63, 3.8) is 0 Å². The van der Waals surface area contributed by atoms with Gasteiger partial charge >= 0.3 is 0 Å². The monoisotopic (exact) mass is 1030 g/mol. The van der Waals surface area contributed by atoms with Crippen LogP contribution in [0.2, 0.25) is 0 Å². The van der Waals surface area contributed by atoms with Crippen LogP contribution in [-0.2, 0) is 32.1 Å². The molecule has 2 aromatic rings. The van der Waals surface area contributed by atoms with Crippen LogP contribution >= 0.6 is 0 Å². The van der Waals surface area contributed by atoms with Crippen LogP contribution in [-0.4, -0.2) is 10.2 Å². The first kappa shape index (κ1) is 70.1. The highest BCUT2D eigenvalue weighted by atomic mass is 16.3. The zero-order chi connectivity index (χ0) is 53.5. The summed E-state index contributed by atoms with van der Waals surface area (Å²) in [6, 6.07) is 10.5. The van der Waals surface area contributed by atoms with E-state index in [4.69, 9.17) is 0 Å². The molecule has 0 aromatic heterocycles. The highest BCUT2D eigenvalue weighted by Crippen LogP contribution is 2.31. The number of unbranched alkanes of at least 4 members (excludes halogenated alkanes) is 45. The first-order valence-electron chi connectivity index (χ1n) is 34.2. The topological polar surface area (TPSA) is 40.5 Å². The predicted octanol–water partition coefficient (Wildman–Crippen LogP) is 25.1. The Hall–Kier alpha value is -1.96. The SMILES string of the molecule is CCCCCCCCCCCCc1ccc(O)c(CCCCCCCCCCCC)c1CCCCCCCCCCCC.CCCCCCCCCCCCc1cccc(O)c1CCCCCCCCCCCC. The number of hydrogen-bond acceptors (Lipinski definition) is 2. The third-order valence-corrected chi connectivity index (χ3v) is 16.7. The van der Waals surface area contributed by atoms with Crippen molar-refractivity contribution in [3.8, 4) is 11.5 Å². The molecule has 0 aliphatic heterocycles. The summed E-state index contributed by atoms with van der Waals surface area (Å²) in [6.45, 7) is 11.5. The molecule has 0 radical (unpaired) electrons. The van der Waals surface area contributed by atoms with E-state index in [1.54, 1.807) is 5.56 Å². The number of phenols is 2. The maximum atomic E-state index is 11.0. The first-order chi connectivity index (χ1) is 36.5. The molecule has 0 spiro atoms. The van der Waals surface area contributed by atoms with Crippen molar-refractivity contribution in [1.82, 2.24) is 0 Å². The molecule has 0 aliphatic rings. The van der Waals surface area contributed by atoms with Gasteiger partial charge in [0.2, 0.25) is 0 Å². The summed E-state index contributed by atoms with van der Waals surface area (Å²) in [7, 11) is 0.